The predicted molar refractivity (Wildman–Crippen MR) is 22.0 cm³/mol. The summed E-state index contributed by atoms with van der Waals surface area (Å²) < 4.78 is 0. The van der Waals surface area contributed by atoms with E-state index in [0.29, 0.717) is 0 Å². The van der Waals surface area contributed by atoms with Crippen molar-refractivity contribution >= 4 is 5.97 Å². The SMILES string of the molecule is NONOCC(=O)O. The van der Waals surface area contributed by atoms with E-state index in [9.17, 15) is 4.79 Å². The Bertz CT molecular complexity index is 74.4. The number of carboxylic acids is 1. The molecule has 0 saturated heterocycles. The molecule has 0 bridgehead atoms. The molecule has 8 heavy (non-hydrogen) atoms. The van der Waals surface area contributed by atoms with Crippen molar-refractivity contribution < 1.29 is 19.7 Å². The van der Waals surface area contributed by atoms with Crippen LogP contribution in [-0.4, -0.2) is 17.7 Å². The van der Waals surface area contributed by atoms with Gasteiger partial charge in [-0.05, 0) is 0 Å². The topological polar surface area (TPSA) is 93.8 Å². The zero-order valence-corrected chi connectivity index (χ0v) is 3.96. The van der Waals surface area contributed by atoms with Crippen LogP contribution >= 0.6 is 0 Å². The van der Waals surface area contributed by atoms with Crippen LogP contribution in [0.25, 0.3) is 0 Å². The second-order valence-corrected chi connectivity index (χ2v) is 0.884. The van der Waals surface area contributed by atoms with Gasteiger partial charge in [0.2, 0.25) is 0 Å². The summed E-state index contributed by atoms with van der Waals surface area (Å²) in [7, 11) is 0. The molecular weight excluding hydrogens is 116 g/mol. The molecule has 0 fully saturated rings. The summed E-state index contributed by atoms with van der Waals surface area (Å²) >= 11 is 0. The van der Waals surface area contributed by atoms with Crippen molar-refractivity contribution in [3.63, 3.8) is 0 Å². The van der Waals surface area contributed by atoms with Crippen LogP contribution in [0.1, 0.15) is 0 Å². The lowest BCUT2D eigenvalue weighted by atomic mass is 10.8. The summed E-state index contributed by atoms with van der Waals surface area (Å²) in [6.45, 7) is -0.489. The first-order valence-corrected chi connectivity index (χ1v) is 1.71. The lowest BCUT2D eigenvalue weighted by Gasteiger charge is -1.95. The Balaban J connectivity index is 2.82. The average molecular weight is 122 g/mol. The lowest BCUT2D eigenvalue weighted by Crippen LogP contribution is -2.22. The second-order valence-electron chi connectivity index (χ2n) is 0.884. The quantitative estimate of drug-likeness (QED) is 0.307. The van der Waals surface area contributed by atoms with Crippen molar-refractivity contribution in [2.75, 3.05) is 6.61 Å². The fourth-order valence-corrected chi connectivity index (χ4v) is 0.125. The number of hydrogen-bond donors (Lipinski definition) is 3. The molecule has 0 rings (SSSR count). The number of rotatable bonds is 4. The highest BCUT2D eigenvalue weighted by atomic mass is 17.0. The molecule has 0 aromatic carbocycles. The van der Waals surface area contributed by atoms with Crippen molar-refractivity contribution in [1.82, 2.24) is 5.64 Å². The van der Waals surface area contributed by atoms with Gasteiger partial charge in [-0.3, -0.25) is 4.84 Å². The molecule has 0 atom stereocenters. The highest BCUT2D eigenvalue weighted by Gasteiger charge is 1.92. The molecule has 0 heterocycles. The van der Waals surface area contributed by atoms with Crippen LogP contribution in [0.15, 0.2) is 0 Å². The van der Waals surface area contributed by atoms with Gasteiger partial charge >= 0.3 is 5.97 Å². The maximum absolute atomic E-state index is 9.61. The molecule has 48 valence electrons. The standard InChI is InChI=1S/C2H6N2O4/c3-8-4-7-1-2(5)6/h4H,1,3H2,(H,5,6). The molecular formula is C2H6N2O4. The van der Waals surface area contributed by atoms with E-state index in [-0.39, 0.29) is 0 Å². The van der Waals surface area contributed by atoms with Crippen LogP contribution < -0.4 is 11.5 Å². The van der Waals surface area contributed by atoms with Gasteiger partial charge < -0.3 is 5.11 Å². The van der Waals surface area contributed by atoms with Crippen molar-refractivity contribution in [3.8, 4) is 0 Å². The normalized spacial score (nSPS) is 9.12. The number of aliphatic carboxylic acids is 1. The van der Waals surface area contributed by atoms with E-state index < -0.39 is 12.6 Å². The van der Waals surface area contributed by atoms with Gasteiger partial charge in [-0.1, -0.05) is 5.64 Å². The van der Waals surface area contributed by atoms with E-state index in [4.69, 9.17) is 5.11 Å². The molecule has 0 amide bonds. The largest absolute Gasteiger partial charge is 0.479 e. The minimum Gasteiger partial charge on any atom is -0.479 e. The van der Waals surface area contributed by atoms with E-state index in [1.165, 1.54) is 0 Å². The number of nitrogens with one attached hydrogen (secondary N) is 1. The molecule has 0 saturated carbocycles. The Morgan fingerprint density at radius 2 is 2.50 bits per heavy atom. The molecule has 0 radical (unpaired) electrons. The van der Waals surface area contributed by atoms with Crippen molar-refractivity contribution in [2.45, 2.75) is 0 Å². The van der Waals surface area contributed by atoms with Crippen molar-refractivity contribution in [2.24, 2.45) is 5.90 Å². The van der Waals surface area contributed by atoms with Crippen LogP contribution in [0.5, 0.6) is 0 Å². The predicted octanol–water partition coefficient (Wildman–Crippen LogP) is -1.60. The highest BCUT2D eigenvalue weighted by Crippen LogP contribution is 1.64. The van der Waals surface area contributed by atoms with Crippen LogP contribution in [0.2, 0.25) is 0 Å². The first kappa shape index (κ1) is 7.31. The molecule has 0 spiro atoms. The summed E-state index contributed by atoms with van der Waals surface area (Å²) in [5.41, 5.74) is 1.68. The zero-order valence-electron chi connectivity index (χ0n) is 3.96. The first-order valence-electron chi connectivity index (χ1n) is 1.71. The number of nitrogens with two attached hydrogens (primary N) is 1. The van der Waals surface area contributed by atoms with Gasteiger partial charge in [-0.25, -0.2) is 4.79 Å². The minimum atomic E-state index is -1.10. The summed E-state index contributed by atoms with van der Waals surface area (Å²) in [5, 5.41) is 7.88. The molecule has 4 N–H and O–H groups in total. The van der Waals surface area contributed by atoms with Gasteiger partial charge in [0.15, 0.2) is 6.61 Å². The number of carbonyl (C=O) groups is 1. The van der Waals surface area contributed by atoms with Crippen LogP contribution in [-0.2, 0) is 14.6 Å². The molecule has 0 aliphatic heterocycles. The van der Waals surface area contributed by atoms with Gasteiger partial charge in [0.05, 0.1) is 0 Å². The maximum atomic E-state index is 9.61. The zero-order chi connectivity index (χ0) is 6.41. The average Bonchev–Trinajstić information content (AvgIpc) is 1.66. The Kier molecular flexibility index (Phi) is 4.08. The summed E-state index contributed by atoms with van der Waals surface area (Å²) in [5.74, 6) is 3.28. The molecule has 0 aliphatic carbocycles. The smallest absolute Gasteiger partial charge is 0.331 e. The Labute approximate surface area is 45.0 Å². The first-order chi connectivity index (χ1) is 3.77. The fraction of sp³-hybridized carbons (Fsp3) is 0.500. The van der Waals surface area contributed by atoms with Crippen LogP contribution in [0.3, 0.4) is 0 Å². The van der Waals surface area contributed by atoms with Gasteiger partial charge in [-0.2, -0.15) is 10.8 Å². The molecule has 0 unspecified atom stereocenters. The third-order valence-electron chi connectivity index (χ3n) is 0.303. The molecule has 6 heteroatoms. The Morgan fingerprint density at radius 3 is 2.88 bits per heavy atom. The fourth-order valence-electron chi connectivity index (χ4n) is 0.125. The number of hydrogen-bond acceptors (Lipinski definition) is 5. The Morgan fingerprint density at radius 1 is 1.88 bits per heavy atom. The molecule has 0 aromatic heterocycles. The highest BCUT2D eigenvalue weighted by molar-refractivity contribution is 5.67. The third-order valence-corrected chi connectivity index (χ3v) is 0.303. The van der Waals surface area contributed by atoms with E-state index in [1.54, 1.807) is 5.64 Å². The maximum Gasteiger partial charge on any atom is 0.331 e. The van der Waals surface area contributed by atoms with E-state index >= 15 is 0 Å². The van der Waals surface area contributed by atoms with E-state index in [1.807, 2.05) is 0 Å². The minimum absolute atomic E-state index is 0.489. The summed E-state index contributed by atoms with van der Waals surface area (Å²) in [6, 6.07) is 0. The van der Waals surface area contributed by atoms with Gasteiger partial charge in [0.1, 0.15) is 0 Å². The molecule has 0 aromatic rings. The Hall–Kier alpha value is -0.690. The van der Waals surface area contributed by atoms with Gasteiger partial charge in [0, 0.05) is 0 Å². The number of carboxylic acid groups (broad SMARTS) is 1. The van der Waals surface area contributed by atoms with Crippen molar-refractivity contribution in [3.05, 3.63) is 0 Å². The van der Waals surface area contributed by atoms with E-state index in [0.717, 1.165) is 0 Å². The molecule has 0 aliphatic rings. The molecule has 6 nitrogen and oxygen atoms in total. The van der Waals surface area contributed by atoms with E-state index in [2.05, 4.69) is 15.7 Å². The van der Waals surface area contributed by atoms with Crippen LogP contribution in [0.4, 0.5) is 0 Å². The van der Waals surface area contributed by atoms with Gasteiger partial charge in [0.25, 0.3) is 0 Å². The van der Waals surface area contributed by atoms with Crippen LogP contribution in [0, 0.1) is 0 Å². The second kappa shape index (κ2) is 4.47. The lowest BCUT2D eigenvalue weighted by molar-refractivity contribution is -0.186. The summed E-state index contributed by atoms with van der Waals surface area (Å²) in [4.78, 5) is 17.3. The van der Waals surface area contributed by atoms with Crippen molar-refractivity contribution in [1.29, 1.82) is 0 Å². The summed E-state index contributed by atoms with van der Waals surface area (Å²) in [6.07, 6.45) is 0. The monoisotopic (exact) mass is 122 g/mol. The van der Waals surface area contributed by atoms with Gasteiger partial charge in [-0.15, -0.1) is 0 Å². The third kappa shape index (κ3) is 5.31.